The van der Waals surface area contributed by atoms with Gasteiger partial charge in [0.1, 0.15) is 24.1 Å². The van der Waals surface area contributed by atoms with Crippen LogP contribution >= 0.6 is 11.8 Å². The number of thioether (sulfide) groups is 1. The Morgan fingerprint density at radius 2 is 2.36 bits per heavy atom. The number of hydrogen-bond donors (Lipinski definition) is 3. The summed E-state index contributed by atoms with van der Waals surface area (Å²) >= 11 is 1.75. The maximum absolute atomic E-state index is 10.8. The first-order valence-electron chi connectivity index (χ1n) is 8.21. The van der Waals surface area contributed by atoms with Gasteiger partial charge < -0.3 is 21.3 Å². The van der Waals surface area contributed by atoms with Crippen molar-refractivity contribution in [2.45, 2.75) is 48.8 Å². The molecule has 0 bridgehead atoms. The molecule has 2 unspecified atom stereocenters. The van der Waals surface area contributed by atoms with Crippen LogP contribution in [0.1, 0.15) is 31.9 Å². The van der Waals surface area contributed by atoms with Gasteiger partial charge in [-0.25, -0.2) is 15.0 Å². The van der Waals surface area contributed by atoms with Crippen molar-refractivity contribution in [3.05, 3.63) is 12.7 Å². The number of imidazole rings is 1. The lowest BCUT2D eigenvalue weighted by atomic mass is 10.2. The van der Waals surface area contributed by atoms with E-state index in [2.05, 4.69) is 15.0 Å². The molecular formula is C15H20N6O3S. The van der Waals surface area contributed by atoms with Gasteiger partial charge in [-0.15, -0.1) is 0 Å². The molecule has 3 heterocycles. The van der Waals surface area contributed by atoms with Gasteiger partial charge in [0, 0.05) is 5.25 Å². The summed E-state index contributed by atoms with van der Waals surface area (Å²) in [5, 5.41) is 9.22. The summed E-state index contributed by atoms with van der Waals surface area (Å²) in [5.74, 6) is 0.147. The molecule has 2 aliphatic rings. The van der Waals surface area contributed by atoms with Gasteiger partial charge in [0.05, 0.1) is 11.9 Å². The van der Waals surface area contributed by atoms with E-state index in [0.717, 1.165) is 25.0 Å². The van der Waals surface area contributed by atoms with Crippen molar-refractivity contribution in [3.8, 4) is 0 Å². The van der Waals surface area contributed by atoms with Crippen LogP contribution in [0.2, 0.25) is 0 Å². The molecule has 9 nitrogen and oxygen atoms in total. The molecule has 1 saturated heterocycles. The maximum Gasteiger partial charge on any atom is 0.320 e. The van der Waals surface area contributed by atoms with Crippen molar-refractivity contribution < 1.29 is 14.6 Å². The lowest BCUT2D eigenvalue weighted by Crippen LogP contribution is -2.30. The van der Waals surface area contributed by atoms with E-state index in [9.17, 15) is 4.79 Å². The number of carbonyl (C=O) groups is 1. The molecule has 0 radical (unpaired) electrons. The first kappa shape index (κ1) is 16.6. The average Bonchev–Trinajstić information content (AvgIpc) is 2.93. The molecule has 2 aromatic rings. The highest BCUT2D eigenvalue weighted by atomic mass is 32.2. The molecule has 0 aromatic carbocycles. The van der Waals surface area contributed by atoms with Crippen molar-refractivity contribution in [3.63, 3.8) is 0 Å². The highest BCUT2D eigenvalue weighted by molar-refractivity contribution is 8.00. The molecule has 1 spiro atoms. The van der Waals surface area contributed by atoms with E-state index in [4.69, 9.17) is 21.3 Å². The predicted molar refractivity (Wildman–Crippen MR) is 92.9 cm³/mol. The number of aromatic nitrogens is 4. The van der Waals surface area contributed by atoms with E-state index < -0.39 is 12.0 Å². The van der Waals surface area contributed by atoms with Gasteiger partial charge in [-0.2, -0.15) is 11.8 Å². The first-order valence-corrected chi connectivity index (χ1v) is 9.26. The maximum atomic E-state index is 10.8. The Hall–Kier alpha value is -1.91. The molecular weight excluding hydrogens is 344 g/mol. The summed E-state index contributed by atoms with van der Waals surface area (Å²) in [6, 6.07) is -0.790. The summed E-state index contributed by atoms with van der Waals surface area (Å²) in [5.41, 5.74) is 12.5. The van der Waals surface area contributed by atoms with Gasteiger partial charge in [0.15, 0.2) is 11.5 Å². The summed E-state index contributed by atoms with van der Waals surface area (Å²) < 4.78 is 8.24. The third kappa shape index (κ3) is 2.94. The summed E-state index contributed by atoms with van der Waals surface area (Å²) in [6.07, 6.45) is 6.35. The largest absolute Gasteiger partial charge is 0.480 e. The van der Waals surface area contributed by atoms with E-state index in [-0.39, 0.29) is 11.8 Å². The average molecular weight is 364 g/mol. The van der Waals surface area contributed by atoms with Crippen molar-refractivity contribution in [2.75, 3.05) is 11.5 Å². The minimum atomic E-state index is -0.948. The van der Waals surface area contributed by atoms with Gasteiger partial charge in [-0.3, -0.25) is 9.36 Å². The topological polar surface area (TPSA) is 142 Å². The van der Waals surface area contributed by atoms with Gasteiger partial charge in [-0.1, -0.05) is 0 Å². The summed E-state index contributed by atoms with van der Waals surface area (Å²) in [4.78, 5) is 23.3. The molecule has 10 heteroatoms. The highest BCUT2D eigenvalue weighted by Crippen LogP contribution is 2.58. The molecule has 2 aromatic heterocycles. The third-order valence-electron chi connectivity index (χ3n) is 4.91. The van der Waals surface area contributed by atoms with Gasteiger partial charge in [-0.05, 0) is 31.4 Å². The van der Waals surface area contributed by atoms with E-state index >= 15 is 0 Å². The second-order valence-electron chi connectivity index (χ2n) is 6.56. The van der Waals surface area contributed by atoms with Gasteiger partial charge in [0.2, 0.25) is 0 Å². The molecule has 25 heavy (non-hydrogen) atoms. The van der Waals surface area contributed by atoms with E-state index in [1.807, 2.05) is 4.57 Å². The number of anilines is 1. The summed E-state index contributed by atoms with van der Waals surface area (Å²) in [6.45, 7) is 0. The quantitative estimate of drug-likeness (QED) is 0.677. The fourth-order valence-corrected chi connectivity index (χ4v) is 4.90. The Morgan fingerprint density at radius 3 is 3.16 bits per heavy atom. The number of nitrogen functional groups attached to an aromatic ring is 1. The molecule has 5 N–H and O–H groups in total. The van der Waals surface area contributed by atoms with Crippen molar-refractivity contribution in [2.24, 2.45) is 5.73 Å². The lowest BCUT2D eigenvalue weighted by Gasteiger charge is -2.15. The van der Waals surface area contributed by atoms with E-state index in [0.29, 0.717) is 28.7 Å². The van der Waals surface area contributed by atoms with Crippen molar-refractivity contribution >= 4 is 34.7 Å². The minimum absolute atomic E-state index is 0.105. The number of aliphatic carboxylic acids is 1. The highest BCUT2D eigenvalue weighted by Gasteiger charge is 2.60. The van der Waals surface area contributed by atoms with Crippen LogP contribution in [0, 0.1) is 0 Å². The van der Waals surface area contributed by atoms with Gasteiger partial charge >= 0.3 is 5.97 Å². The van der Waals surface area contributed by atoms with Crippen LogP contribution in [0.3, 0.4) is 0 Å². The van der Waals surface area contributed by atoms with Crippen LogP contribution in [0.5, 0.6) is 0 Å². The molecule has 0 amide bonds. The van der Waals surface area contributed by atoms with E-state index in [1.54, 1.807) is 18.1 Å². The van der Waals surface area contributed by atoms with Crippen LogP contribution in [0.25, 0.3) is 11.2 Å². The Kier molecular flexibility index (Phi) is 4.05. The fourth-order valence-electron chi connectivity index (χ4n) is 3.35. The Balaban J connectivity index is 1.37. The van der Waals surface area contributed by atoms with Crippen LogP contribution in [-0.4, -0.2) is 53.2 Å². The molecule has 1 aliphatic heterocycles. The van der Waals surface area contributed by atoms with Crippen LogP contribution < -0.4 is 11.5 Å². The standard InChI is InChI=1S/C15H20N6O3S/c16-8(14(22)23)2-4-25-9-5-15(9)3-1-10(24-15)21-7-20-11-12(17)18-6-19-13(11)21/h6-10H,1-5,16H2,(H,22,23)(H2,17,18,19)/t8-,9?,10+,15?/m0/s1. The molecule has 2 fully saturated rings. The number of rotatable bonds is 6. The van der Waals surface area contributed by atoms with Gasteiger partial charge in [0.25, 0.3) is 0 Å². The zero-order chi connectivity index (χ0) is 17.6. The SMILES string of the molecule is Nc1ncnc2c1ncn2[C@H]1CCC2(CC2SCC[C@H](N)C(=O)O)O1. The van der Waals surface area contributed by atoms with E-state index in [1.165, 1.54) is 6.33 Å². The summed E-state index contributed by atoms with van der Waals surface area (Å²) in [7, 11) is 0. The number of nitrogens with zero attached hydrogens (tertiary/aromatic N) is 4. The number of carboxylic acid groups (broad SMARTS) is 1. The Morgan fingerprint density at radius 1 is 1.52 bits per heavy atom. The Bertz CT molecular complexity index is 814. The second kappa shape index (κ2) is 6.11. The number of nitrogens with two attached hydrogens (primary N) is 2. The van der Waals surface area contributed by atoms with Crippen molar-refractivity contribution in [1.82, 2.24) is 19.5 Å². The van der Waals surface area contributed by atoms with Crippen LogP contribution in [-0.2, 0) is 9.53 Å². The molecule has 4 rings (SSSR count). The molecule has 134 valence electrons. The number of ether oxygens (including phenoxy) is 1. The van der Waals surface area contributed by atoms with Crippen LogP contribution in [0.15, 0.2) is 12.7 Å². The fraction of sp³-hybridized carbons (Fsp3) is 0.600. The zero-order valence-electron chi connectivity index (χ0n) is 13.5. The number of hydrogen-bond acceptors (Lipinski definition) is 8. The number of carboxylic acids is 1. The van der Waals surface area contributed by atoms with Crippen LogP contribution in [0.4, 0.5) is 5.82 Å². The lowest BCUT2D eigenvalue weighted by molar-refractivity contribution is -0.138. The van der Waals surface area contributed by atoms with Crippen molar-refractivity contribution in [1.29, 1.82) is 0 Å². The second-order valence-corrected chi connectivity index (χ2v) is 7.87. The third-order valence-corrected chi connectivity index (χ3v) is 6.38. The molecule has 1 aliphatic carbocycles. The Labute approximate surface area is 148 Å². The normalized spacial score (nSPS) is 29.3. The first-order chi connectivity index (χ1) is 12.0. The molecule has 1 saturated carbocycles. The monoisotopic (exact) mass is 364 g/mol. The number of fused-ring (bicyclic) bond motifs is 1. The smallest absolute Gasteiger partial charge is 0.320 e. The molecule has 4 atom stereocenters. The zero-order valence-corrected chi connectivity index (χ0v) is 14.4. The minimum Gasteiger partial charge on any atom is -0.480 e. The predicted octanol–water partition coefficient (Wildman–Crippen LogP) is 0.764.